The Kier molecular flexibility index (Phi) is 3.85. The highest BCUT2D eigenvalue weighted by atomic mass is 32.1. The molecule has 1 aromatic heterocycles. The van der Waals surface area contributed by atoms with Crippen LogP contribution in [0.5, 0.6) is 11.5 Å². The van der Waals surface area contributed by atoms with E-state index in [4.69, 9.17) is 21.7 Å². The molecule has 0 bridgehead atoms. The highest BCUT2D eigenvalue weighted by Gasteiger charge is 2.17. The molecule has 0 spiro atoms. The van der Waals surface area contributed by atoms with E-state index in [9.17, 15) is 0 Å². The summed E-state index contributed by atoms with van der Waals surface area (Å²) >= 11 is 5.19. The van der Waals surface area contributed by atoms with Crippen LogP contribution < -0.4 is 9.47 Å². The summed E-state index contributed by atoms with van der Waals surface area (Å²) in [5.74, 6) is 1.44. The monoisotopic (exact) mass is 276 g/mol. The van der Waals surface area contributed by atoms with E-state index in [1.165, 1.54) is 0 Å². The van der Waals surface area contributed by atoms with Gasteiger partial charge in [-0.2, -0.15) is 5.10 Å². The predicted molar refractivity (Wildman–Crippen MR) is 77.4 cm³/mol. The minimum Gasteiger partial charge on any atom is -0.496 e. The lowest BCUT2D eigenvalue weighted by Crippen LogP contribution is -2.00. The Labute approximate surface area is 117 Å². The van der Waals surface area contributed by atoms with E-state index in [-0.39, 0.29) is 0 Å². The lowest BCUT2D eigenvalue weighted by atomic mass is 10.0. The minimum atomic E-state index is 0.648. The van der Waals surface area contributed by atoms with Gasteiger partial charge in [-0.15, -0.1) is 0 Å². The molecule has 1 heterocycles. The number of benzene rings is 1. The standard InChI is InChI=1S/C14H16N2O2S/c1-8-9(2)14(19)16-15-13(8)12-10(17-3)6-5-7-11(12)18-4/h5-7H,1-4H3,(H,16,19). The number of rotatable bonds is 3. The summed E-state index contributed by atoms with van der Waals surface area (Å²) in [7, 11) is 3.26. The molecule has 1 N–H and O–H groups in total. The van der Waals surface area contributed by atoms with E-state index < -0.39 is 0 Å². The number of aromatic amines is 1. The largest absolute Gasteiger partial charge is 0.496 e. The predicted octanol–water partition coefficient (Wildman–Crippen LogP) is 3.44. The van der Waals surface area contributed by atoms with Crippen LogP contribution in [0.3, 0.4) is 0 Å². The lowest BCUT2D eigenvalue weighted by molar-refractivity contribution is 0.397. The quantitative estimate of drug-likeness (QED) is 0.872. The van der Waals surface area contributed by atoms with Crippen LogP contribution in [-0.2, 0) is 0 Å². The number of aromatic nitrogens is 2. The third kappa shape index (κ3) is 2.33. The Morgan fingerprint density at radius 3 is 2.16 bits per heavy atom. The number of H-pyrrole nitrogens is 1. The van der Waals surface area contributed by atoms with Crippen molar-refractivity contribution in [3.05, 3.63) is 34.0 Å². The summed E-state index contributed by atoms with van der Waals surface area (Å²) in [6, 6.07) is 5.65. The van der Waals surface area contributed by atoms with Crippen molar-refractivity contribution < 1.29 is 9.47 Å². The molecular weight excluding hydrogens is 260 g/mol. The van der Waals surface area contributed by atoms with E-state index in [1.807, 2.05) is 32.0 Å². The zero-order chi connectivity index (χ0) is 14.0. The second-order valence-electron chi connectivity index (χ2n) is 4.19. The molecule has 1 aromatic carbocycles. The van der Waals surface area contributed by atoms with E-state index in [2.05, 4.69) is 10.2 Å². The molecule has 0 aliphatic rings. The average Bonchev–Trinajstić information content (AvgIpc) is 2.44. The molecule has 0 unspecified atom stereocenters. The maximum absolute atomic E-state index is 5.41. The number of hydrogen-bond acceptors (Lipinski definition) is 4. The molecule has 0 fully saturated rings. The molecule has 4 nitrogen and oxygen atoms in total. The molecule has 0 atom stereocenters. The van der Waals surface area contributed by atoms with E-state index in [0.29, 0.717) is 4.64 Å². The van der Waals surface area contributed by atoms with Gasteiger partial charge < -0.3 is 9.47 Å². The van der Waals surface area contributed by atoms with Crippen LogP contribution in [0.2, 0.25) is 0 Å². The number of hydrogen-bond donors (Lipinski definition) is 1. The maximum atomic E-state index is 5.41. The van der Waals surface area contributed by atoms with Gasteiger partial charge in [-0.3, -0.25) is 5.10 Å². The summed E-state index contributed by atoms with van der Waals surface area (Å²) in [5.41, 5.74) is 3.65. The molecule has 0 aliphatic heterocycles. The Morgan fingerprint density at radius 1 is 1.05 bits per heavy atom. The first-order valence-electron chi connectivity index (χ1n) is 5.87. The maximum Gasteiger partial charge on any atom is 0.132 e. The molecular formula is C14H16N2O2S. The SMILES string of the molecule is COc1cccc(OC)c1-c1n[nH]c(=S)c(C)c1C. The Bertz CT molecular complexity index is 643. The number of nitrogens with one attached hydrogen (secondary N) is 1. The van der Waals surface area contributed by atoms with Gasteiger partial charge in [0.25, 0.3) is 0 Å². The first-order chi connectivity index (χ1) is 9.10. The summed E-state index contributed by atoms with van der Waals surface area (Å²) in [5, 5.41) is 7.20. The number of nitrogens with zero attached hydrogens (tertiary/aromatic N) is 1. The van der Waals surface area contributed by atoms with E-state index in [0.717, 1.165) is 33.9 Å². The van der Waals surface area contributed by atoms with Gasteiger partial charge in [0.2, 0.25) is 0 Å². The second kappa shape index (κ2) is 5.40. The summed E-state index contributed by atoms with van der Waals surface area (Å²) in [6.45, 7) is 3.97. The van der Waals surface area contributed by atoms with Crippen LogP contribution in [0.25, 0.3) is 11.3 Å². The zero-order valence-electron chi connectivity index (χ0n) is 11.4. The van der Waals surface area contributed by atoms with Crippen molar-refractivity contribution in [3.63, 3.8) is 0 Å². The van der Waals surface area contributed by atoms with Gasteiger partial charge in [0.15, 0.2) is 0 Å². The zero-order valence-corrected chi connectivity index (χ0v) is 12.2. The van der Waals surface area contributed by atoms with Gasteiger partial charge in [-0.1, -0.05) is 18.3 Å². The van der Waals surface area contributed by atoms with Crippen molar-refractivity contribution in [2.75, 3.05) is 14.2 Å². The van der Waals surface area contributed by atoms with Gasteiger partial charge in [0.05, 0.1) is 19.8 Å². The highest BCUT2D eigenvalue weighted by molar-refractivity contribution is 7.71. The van der Waals surface area contributed by atoms with Crippen molar-refractivity contribution in [1.29, 1.82) is 0 Å². The van der Waals surface area contributed by atoms with Crippen molar-refractivity contribution in [1.82, 2.24) is 10.2 Å². The second-order valence-corrected chi connectivity index (χ2v) is 4.60. The molecule has 19 heavy (non-hydrogen) atoms. The van der Waals surface area contributed by atoms with Crippen molar-refractivity contribution in [2.24, 2.45) is 0 Å². The Hall–Kier alpha value is -1.88. The first-order valence-corrected chi connectivity index (χ1v) is 6.28. The van der Waals surface area contributed by atoms with Gasteiger partial charge in [-0.25, -0.2) is 0 Å². The van der Waals surface area contributed by atoms with E-state index in [1.54, 1.807) is 14.2 Å². The van der Waals surface area contributed by atoms with E-state index >= 15 is 0 Å². The molecule has 0 aliphatic carbocycles. The van der Waals surface area contributed by atoms with Crippen LogP contribution in [-0.4, -0.2) is 24.4 Å². The smallest absolute Gasteiger partial charge is 0.132 e. The minimum absolute atomic E-state index is 0.648. The highest BCUT2D eigenvalue weighted by Crippen LogP contribution is 2.38. The third-order valence-corrected chi connectivity index (χ3v) is 3.59. The molecule has 100 valence electrons. The lowest BCUT2D eigenvalue weighted by Gasteiger charge is -2.14. The fraction of sp³-hybridized carbons (Fsp3) is 0.286. The fourth-order valence-corrected chi connectivity index (χ4v) is 2.15. The van der Waals surface area contributed by atoms with Crippen molar-refractivity contribution in [2.45, 2.75) is 13.8 Å². The topological polar surface area (TPSA) is 47.1 Å². The molecule has 2 aromatic rings. The van der Waals surface area contributed by atoms with Crippen LogP contribution in [0.15, 0.2) is 18.2 Å². The van der Waals surface area contributed by atoms with Crippen LogP contribution >= 0.6 is 12.2 Å². The average molecular weight is 276 g/mol. The van der Waals surface area contributed by atoms with Gasteiger partial charge >= 0.3 is 0 Å². The molecule has 2 rings (SSSR count). The van der Waals surface area contributed by atoms with Gasteiger partial charge in [0, 0.05) is 0 Å². The van der Waals surface area contributed by atoms with Crippen LogP contribution in [0, 0.1) is 18.5 Å². The van der Waals surface area contributed by atoms with Crippen LogP contribution in [0.4, 0.5) is 0 Å². The van der Waals surface area contributed by atoms with Crippen molar-refractivity contribution >= 4 is 12.2 Å². The molecule has 0 saturated carbocycles. The van der Waals surface area contributed by atoms with Gasteiger partial charge in [-0.05, 0) is 37.1 Å². The van der Waals surface area contributed by atoms with Gasteiger partial charge in [0.1, 0.15) is 21.8 Å². The first kappa shape index (κ1) is 13.5. The summed E-state index contributed by atoms with van der Waals surface area (Å²) in [4.78, 5) is 0. The van der Waals surface area contributed by atoms with Crippen molar-refractivity contribution in [3.8, 4) is 22.8 Å². The third-order valence-electron chi connectivity index (χ3n) is 3.19. The molecule has 0 amide bonds. The Morgan fingerprint density at radius 2 is 1.63 bits per heavy atom. The molecule has 0 radical (unpaired) electrons. The Balaban J connectivity index is 2.78. The summed E-state index contributed by atoms with van der Waals surface area (Å²) < 4.78 is 11.5. The number of ether oxygens (including phenoxy) is 2. The molecule has 0 saturated heterocycles. The normalized spacial score (nSPS) is 10.3. The van der Waals surface area contributed by atoms with Crippen LogP contribution in [0.1, 0.15) is 11.1 Å². The number of methoxy groups -OCH3 is 2. The molecule has 5 heteroatoms. The fourth-order valence-electron chi connectivity index (χ4n) is 1.95. The summed E-state index contributed by atoms with van der Waals surface area (Å²) in [6.07, 6.45) is 0.